The van der Waals surface area contributed by atoms with Gasteiger partial charge in [0.2, 0.25) is 0 Å². The molecule has 90 valence electrons. The lowest BCUT2D eigenvalue weighted by atomic mass is 10.1. The minimum atomic E-state index is -0.0653. The predicted molar refractivity (Wildman–Crippen MR) is 77.5 cm³/mol. The molecule has 0 saturated heterocycles. The summed E-state index contributed by atoms with van der Waals surface area (Å²) in [6.07, 6.45) is 1.90. The number of thiophene rings is 1. The van der Waals surface area contributed by atoms with Crippen molar-refractivity contribution < 1.29 is 0 Å². The summed E-state index contributed by atoms with van der Waals surface area (Å²) in [7, 11) is 0. The van der Waals surface area contributed by atoms with Crippen molar-refractivity contribution in [3.63, 3.8) is 0 Å². The largest absolute Gasteiger partial charge is 0.301 e. The van der Waals surface area contributed by atoms with Gasteiger partial charge >= 0.3 is 0 Å². The van der Waals surface area contributed by atoms with E-state index in [4.69, 9.17) is 0 Å². The van der Waals surface area contributed by atoms with Crippen LogP contribution in [0.15, 0.2) is 45.7 Å². The maximum absolute atomic E-state index is 12.1. The molecular weight excluding hydrogens is 264 g/mol. The van der Waals surface area contributed by atoms with Crippen molar-refractivity contribution in [3.05, 3.63) is 46.1 Å². The van der Waals surface area contributed by atoms with E-state index >= 15 is 0 Å². The van der Waals surface area contributed by atoms with Gasteiger partial charge in [0.05, 0.1) is 5.39 Å². The molecule has 0 amide bonds. The first-order chi connectivity index (χ1) is 8.79. The molecule has 0 atom stereocenters. The maximum Gasteiger partial charge on any atom is 0.260 e. The zero-order chi connectivity index (χ0) is 12.5. The third-order valence-corrected chi connectivity index (χ3v) is 4.15. The van der Waals surface area contributed by atoms with Gasteiger partial charge in [-0.1, -0.05) is 42.1 Å². The Morgan fingerprint density at radius 1 is 1.28 bits per heavy atom. The van der Waals surface area contributed by atoms with Gasteiger partial charge in [0.1, 0.15) is 4.83 Å². The highest BCUT2D eigenvalue weighted by molar-refractivity contribution is 7.98. The highest BCUT2D eigenvalue weighted by Gasteiger charge is 2.12. The topological polar surface area (TPSA) is 45.8 Å². The normalized spacial score (nSPS) is 10.9. The second kappa shape index (κ2) is 4.59. The van der Waals surface area contributed by atoms with Gasteiger partial charge in [0, 0.05) is 10.9 Å². The Balaban J connectivity index is 2.30. The minimum Gasteiger partial charge on any atom is -0.301 e. The van der Waals surface area contributed by atoms with Crippen molar-refractivity contribution in [2.45, 2.75) is 5.16 Å². The fraction of sp³-hybridized carbons (Fsp3) is 0.0769. The van der Waals surface area contributed by atoms with Gasteiger partial charge in [-0.15, -0.1) is 11.3 Å². The summed E-state index contributed by atoms with van der Waals surface area (Å²) < 4.78 is 0. The van der Waals surface area contributed by atoms with E-state index in [2.05, 4.69) is 9.97 Å². The fourth-order valence-corrected chi connectivity index (χ4v) is 3.24. The summed E-state index contributed by atoms with van der Waals surface area (Å²) >= 11 is 2.95. The lowest BCUT2D eigenvalue weighted by Crippen LogP contribution is -2.08. The molecule has 5 heteroatoms. The number of benzene rings is 1. The van der Waals surface area contributed by atoms with E-state index in [1.165, 1.54) is 23.1 Å². The number of hydrogen-bond acceptors (Lipinski definition) is 4. The van der Waals surface area contributed by atoms with E-state index in [0.717, 1.165) is 16.0 Å². The van der Waals surface area contributed by atoms with Crippen LogP contribution in [0.4, 0.5) is 0 Å². The van der Waals surface area contributed by atoms with Gasteiger partial charge in [-0.3, -0.25) is 4.79 Å². The van der Waals surface area contributed by atoms with Crippen molar-refractivity contribution in [2.75, 3.05) is 6.26 Å². The molecule has 0 radical (unpaired) electrons. The van der Waals surface area contributed by atoms with E-state index in [0.29, 0.717) is 10.5 Å². The van der Waals surface area contributed by atoms with Gasteiger partial charge in [-0.2, -0.15) is 0 Å². The average molecular weight is 274 g/mol. The molecule has 0 fully saturated rings. The van der Waals surface area contributed by atoms with E-state index in [-0.39, 0.29) is 5.56 Å². The van der Waals surface area contributed by atoms with Crippen LogP contribution in [0, 0.1) is 0 Å². The van der Waals surface area contributed by atoms with Gasteiger partial charge in [-0.05, 0) is 11.8 Å². The molecule has 0 bridgehead atoms. The molecule has 0 aliphatic carbocycles. The zero-order valence-corrected chi connectivity index (χ0v) is 11.3. The van der Waals surface area contributed by atoms with E-state index in [1.54, 1.807) is 0 Å². The molecule has 3 rings (SSSR count). The first-order valence-electron chi connectivity index (χ1n) is 5.40. The van der Waals surface area contributed by atoms with Crippen LogP contribution in [0.25, 0.3) is 21.3 Å². The summed E-state index contributed by atoms with van der Waals surface area (Å²) in [5.74, 6) is 0. The number of hydrogen-bond donors (Lipinski definition) is 1. The molecule has 1 aromatic carbocycles. The Morgan fingerprint density at radius 2 is 2.06 bits per heavy atom. The average Bonchev–Trinajstić information content (AvgIpc) is 2.84. The molecule has 1 N–H and O–H groups in total. The van der Waals surface area contributed by atoms with Crippen molar-refractivity contribution in [1.82, 2.24) is 9.97 Å². The number of H-pyrrole nitrogens is 1. The SMILES string of the molecule is CSc1nc2scc(-c3ccccc3)c2c(=O)[nH]1. The van der Waals surface area contributed by atoms with Crippen LogP contribution in [0.3, 0.4) is 0 Å². The molecule has 0 aliphatic rings. The van der Waals surface area contributed by atoms with Gasteiger partial charge in [0.25, 0.3) is 5.56 Å². The Labute approximate surface area is 112 Å². The number of thioether (sulfide) groups is 1. The first kappa shape index (κ1) is 11.5. The van der Waals surface area contributed by atoms with E-state index in [9.17, 15) is 4.79 Å². The van der Waals surface area contributed by atoms with Crippen LogP contribution in [-0.2, 0) is 0 Å². The zero-order valence-electron chi connectivity index (χ0n) is 9.64. The number of rotatable bonds is 2. The number of aromatic amines is 1. The van der Waals surface area contributed by atoms with E-state index in [1.807, 2.05) is 42.0 Å². The van der Waals surface area contributed by atoms with Crippen LogP contribution in [0.2, 0.25) is 0 Å². The predicted octanol–water partition coefficient (Wildman–Crippen LogP) is 3.37. The second-order valence-electron chi connectivity index (χ2n) is 3.77. The second-order valence-corrected chi connectivity index (χ2v) is 5.42. The summed E-state index contributed by atoms with van der Waals surface area (Å²) in [4.78, 5) is 20.1. The fourth-order valence-electron chi connectivity index (χ4n) is 1.86. The monoisotopic (exact) mass is 274 g/mol. The van der Waals surface area contributed by atoms with Crippen LogP contribution in [-0.4, -0.2) is 16.2 Å². The Kier molecular flexibility index (Phi) is 2.93. The lowest BCUT2D eigenvalue weighted by Gasteiger charge is -1.99. The maximum atomic E-state index is 12.1. The van der Waals surface area contributed by atoms with Crippen molar-refractivity contribution >= 4 is 33.3 Å². The summed E-state index contributed by atoms with van der Waals surface area (Å²) in [6.45, 7) is 0. The molecule has 2 aromatic heterocycles. The van der Waals surface area contributed by atoms with Crippen LogP contribution in [0.1, 0.15) is 0 Å². The smallest absolute Gasteiger partial charge is 0.260 e. The molecule has 0 aliphatic heterocycles. The highest BCUT2D eigenvalue weighted by Crippen LogP contribution is 2.30. The highest BCUT2D eigenvalue weighted by atomic mass is 32.2. The number of nitrogens with zero attached hydrogens (tertiary/aromatic N) is 1. The Hall–Kier alpha value is -1.59. The van der Waals surface area contributed by atoms with Crippen molar-refractivity contribution in [2.24, 2.45) is 0 Å². The number of fused-ring (bicyclic) bond motifs is 1. The molecule has 3 aromatic rings. The summed E-state index contributed by atoms with van der Waals surface area (Å²) in [5, 5.41) is 3.34. The molecule has 0 unspecified atom stereocenters. The lowest BCUT2D eigenvalue weighted by molar-refractivity contribution is 0.984. The van der Waals surface area contributed by atoms with Crippen molar-refractivity contribution in [3.8, 4) is 11.1 Å². The first-order valence-corrected chi connectivity index (χ1v) is 7.51. The molecule has 18 heavy (non-hydrogen) atoms. The Bertz CT molecular complexity index is 747. The number of nitrogens with one attached hydrogen (secondary N) is 1. The molecule has 3 nitrogen and oxygen atoms in total. The standard InChI is InChI=1S/C13H10N2OS2/c1-17-13-14-11(16)10-9(7-18-12(10)15-13)8-5-3-2-4-6-8/h2-7H,1H3,(H,14,15,16). The molecule has 0 spiro atoms. The third kappa shape index (κ3) is 1.85. The number of aromatic nitrogens is 2. The quantitative estimate of drug-likeness (QED) is 0.575. The van der Waals surface area contributed by atoms with Crippen LogP contribution < -0.4 is 5.56 Å². The van der Waals surface area contributed by atoms with Gasteiger partial charge in [-0.25, -0.2) is 4.98 Å². The van der Waals surface area contributed by atoms with E-state index < -0.39 is 0 Å². The third-order valence-electron chi connectivity index (χ3n) is 2.70. The van der Waals surface area contributed by atoms with Crippen molar-refractivity contribution in [1.29, 1.82) is 0 Å². The summed E-state index contributed by atoms with van der Waals surface area (Å²) in [6, 6.07) is 9.91. The minimum absolute atomic E-state index is 0.0653. The summed E-state index contributed by atoms with van der Waals surface area (Å²) in [5.41, 5.74) is 1.94. The van der Waals surface area contributed by atoms with Crippen LogP contribution in [0.5, 0.6) is 0 Å². The molecule has 0 saturated carbocycles. The molecular formula is C13H10N2OS2. The van der Waals surface area contributed by atoms with Gasteiger partial charge in [0.15, 0.2) is 5.16 Å². The molecule has 2 heterocycles. The van der Waals surface area contributed by atoms with Crippen LogP contribution >= 0.6 is 23.1 Å². The van der Waals surface area contributed by atoms with Gasteiger partial charge < -0.3 is 4.98 Å². The Morgan fingerprint density at radius 3 is 2.78 bits per heavy atom.